The smallest absolute Gasteiger partial charge is 0.278 e. The monoisotopic (exact) mass is 870 g/mol. The van der Waals surface area contributed by atoms with E-state index in [-0.39, 0.29) is 23.2 Å². The number of hydrogen-bond acceptors (Lipinski definition) is 10. The predicted molar refractivity (Wildman–Crippen MR) is 253 cm³/mol. The van der Waals surface area contributed by atoms with Crippen molar-refractivity contribution in [3.05, 3.63) is 205 Å². The van der Waals surface area contributed by atoms with Gasteiger partial charge in [-0.15, -0.1) is 0 Å². The van der Waals surface area contributed by atoms with E-state index >= 15 is 0 Å². The standard InChI is InChI=1S/2C26H21N5O2/c2*1-17-14-22(33-23-7-3-4-12-27-23)24(28-15-17)26(32)29-20-10-8-19(9-11-20)21-16-31-13-5-6-18(2)25(31)30-21/h2*3-16H,1-2H3,(H,29,32). The molecule has 0 atom stereocenters. The molecule has 0 aliphatic carbocycles. The predicted octanol–water partition coefficient (Wildman–Crippen LogP) is 10.9. The first-order chi connectivity index (χ1) is 32.1. The molecule has 66 heavy (non-hydrogen) atoms. The van der Waals surface area contributed by atoms with Crippen molar-refractivity contribution in [3.63, 3.8) is 0 Å². The Hall–Kier alpha value is -9.04. The maximum absolute atomic E-state index is 13.0. The first-order valence-electron chi connectivity index (χ1n) is 21.0. The number of rotatable bonds is 10. The summed E-state index contributed by atoms with van der Waals surface area (Å²) < 4.78 is 15.7. The zero-order chi connectivity index (χ0) is 45.6. The van der Waals surface area contributed by atoms with Crippen LogP contribution in [0.25, 0.3) is 33.8 Å². The van der Waals surface area contributed by atoms with Gasteiger partial charge >= 0.3 is 0 Å². The Morgan fingerprint density at radius 2 is 0.924 bits per heavy atom. The van der Waals surface area contributed by atoms with Crippen molar-refractivity contribution >= 4 is 34.5 Å². The molecule has 0 radical (unpaired) electrons. The molecule has 2 amide bonds. The zero-order valence-corrected chi connectivity index (χ0v) is 36.4. The average molecular weight is 871 g/mol. The lowest BCUT2D eigenvalue weighted by Gasteiger charge is -2.11. The van der Waals surface area contributed by atoms with Crippen LogP contribution in [0, 0.1) is 27.7 Å². The summed E-state index contributed by atoms with van der Waals surface area (Å²) in [6.45, 7) is 7.85. The Labute approximate surface area is 379 Å². The lowest BCUT2D eigenvalue weighted by atomic mass is 10.1. The molecule has 14 heteroatoms. The second kappa shape index (κ2) is 18.7. The minimum absolute atomic E-state index is 0.186. The molecule has 324 valence electrons. The number of pyridine rings is 6. The van der Waals surface area contributed by atoms with Gasteiger partial charge in [-0.05, 0) is 111 Å². The number of hydrogen-bond donors (Lipinski definition) is 2. The van der Waals surface area contributed by atoms with E-state index in [9.17, 15) is 9.59 Å². The Morgan fingerprint density at radius 1 is 0.500 bits per heavy atom. The van der Waals surface area contributed by atoms with Crippen LogP contribution in [0.3, 0.4) is 0 Å². The van der Waals surface area contributed by atoms with Gasteiger partial charge in [-0.25, -0.2) is 29.9 Å². The molecule has 0 aliphatic heterocycles. The van der Waals surface area contributed by atoms with Crippen LogP contribution in [0.1, 0.15) is 43.2 Å². The minimum atomic E-state index is -0.364. The third kappa shape index (κ3) is 9.62. The van der Waals surface area contributed by atoms with Gasteiger partial charge < -0.3 is 28.9 Å². The Morgan fingerprint density at radius 3 is 1.30 bits per heavy atom. The highest BCUT2D eigenvalue weighted by molar-refractivity contribution is 6.05. The molecule has 0 unspecified atom stereocenters. The molecular formula is C52H42N10O4. The zero-order valence-electron chi connectivity index (χ0n) is 36.4. The molecule has 2 aromatic carbocycles. The fourth-order valence-corrected chi connectivity index (χ4v) is 7.04. The van der Waals surface area contributed by atoms with Crippen molar-refractivity contribution in [2.45, 2.75) is 27.7 Å². The molecule has 0 saturated heterocycles. The molecule has 10 rings (SSSR count). The normalized spacial score (nSPS) is 10.8. The van der Waals surface area contributed by atoms with E-state index in [2.05, 4.69) is 30.6 Å². The minimum Gasteiger partial charge on any atom is -0.437 e. The van der Waals surface area contributed by atoms with Crippen LogP contribution in [0.5, 0.6) is 23.3 Å². The van der Waals surface area contributed by atoms with Crippen LogP contribution in [0.4, 0.5) is 11.4 Å². The summed E-state index contributed by atoms with van der Waals surface area (Å²) in [5.74, 6) is 0.761. The van der Waals surface area contributed by atoms with E-state index in [4.69, 9.17) is 19.4 Å². The fourth-order valence-electron chi connectivity index (χ4n) is 7.04. The van der Waals surface area contributed by atoms with E-state index in [1.807, 2.05) is 146 Å². The number of nitrogens with zero attached hydrogens (tertiary/aromatic N) is 8. The Kier molecular flexibility index (Phi) is 12.0. The van der Waals surface area contributed by atoms with Gasteiger partial charge in [0.05, 0.1) is 11.4 Å². The summed E-state index contributed by atoms with van der Waals surface area (Å²) in [5, 5.41) is 5.78. The van der Waals surface area contributed by atoms with Crippen molar-refractivity contribution in [2.75, 3.05) is 10.6 Å². The quantitative estimate of drug-likeness (QED) is 0.135. The summed E-state index contributed by atoms with van der Waals surface area (Å²) in [6.07, 6.45) is 14.5. The summed E-state index contributed by atoms with van der Waals surface area (Å²) in [4.78, 5) is 52.3. The van der Waals surface area contributed by atoms with E-state index in [1.165, 1.54) is 0 Å². The van der Waals surface area contributed by atoms with Gasteiger partial charge in [-0.3, -0.25) is 9.59 Å². The van der Waals surface area contributed by atoms with E-state index < -0.39 is 0 Å². The number of imidazole rings is 2. The molecule has 0 saturated carbocycles. The van der Waals surface area contributed by atoms with Gasteiger partial charge in [0.25, 0.3) is 11.8 Å². The Balaban J connectivity index is 0.000000166. The van der Waals surface area contributed by atoms with E-state index in [0.29, 0.717) is 34.6 Å². The highest BCUT2D eigenvalue weighted by Crippen LogP contribution is 2.28. The molecule has 2 N–H and O–H groups in total. The third-order valence-corrected chi connectivity index (χ3v) is 10.3. The van der Waals surface area contributed by atoms with Crippen molar-refractivity contribution in [2.24, 2.45) is 0 Å². The number of carbonyl (C=O) groups excluding carboxylic acids is 2. The lowest BCUT2D eigenvalue weighted by Crippen LogP contribution is -2.15. The molecule has 8 aromatic heterocycles. The molecule has 0 spiro atoms. The van der Waals surface area contributed by atoms with E-state index in [0.717, 1.165) is 56.1 Å². The number of fused-ring (bicyclic) bond motifs is 2. The largest absolute Gasteiger partial charge is 0.437 e. The first kappa shape index (κ1) is 42.3. The lowest BCUT2D eigenvalue weighted by molar-refractivity contribution is 0.101. The fraction of sp³-hybridized carbons (Fsp3) is 0.0769. The molecular weight excluding hydrogens is 829 g/mol. The van der Waals surface area contributed by atoms with Gasteiger partial charge in [0.1, 0.15) is 11.3 Å². The highest BCUT2D eigenvalue weighted by atomic mass is 16.5. The van der Waals surface area contributed by atoms with Crippen LogP contribution in [-0.4, -0.2) is 50.5 Å². The summed E-state index contributed by atoms with van der Waals surface area (Å²) in [6, 6.07) is 37.4. The first-order valence-corrected chi connectivity index (χ1v) is 21.0. The number of benzene rings is 2. The topological polar surface area (TPSA) is 163 Å². The average Bonchev–Trinajstić information content (AvgIpc) is 3.98. The van der Waals surface area contributed by atoms with Crippen LogP contribution in [0.2, 0.25) is 0 Å². The van der Waals surface area contributed by atoms with Gasteiger partial charge in [0.15, 0.2) is 22.9 Å². The van der Waals surface area contributed by atoms with Gasteiger partial charge in [-0.1, -0.05) is 48.5 Å². The van der Waals surface area contributed by atoms with Crippen molar-refractivity contribution in [3.8, 4) is 45.8 Å². The van der Waals surface area contributed by atoms with Gasteiger partial charge in [0.2, 0.25) is 11.8 Å². The maximum Gasteiger partial charge on any atom is 0.278 e. The molecule has 0 fully saturated rings. The summed E-state index contributed by atoms with van der Waals surface area (Å²) in [5.41, 5.74) is 11.2. The number of anilines is 2. The van der Waals surface area contributed by atoms with Crippen LogP contribution in [-0.2, 0) is 0 Å². The number of ether oxygens (including phenoxy) is 2. The number of aromatic nitrogens is 8. The number of carbonyl (C=O) groups is 2. The van der Waals surface area contributed by atoms with Crippen molar-refractivity contribution in [1.82, 2.24) is 38.7 Å². The van der Waals surface area contributed by atoms with Crippen molar-refractivity contribution < 1.29 is 19.1 Å². The SMILES string of the molecule is Cc1cnc(C(=O)Nc2ccc(-c3cn4cccc(C)c4n3)cc2)c(Oc2ccccn2)c1.Cc1cnc(C(=O)Nc2ccc(-c3cn4cccc(C)c4n3)cc2)c(Oc2ccccn2)c1. The number of nitrogens with one attached hydrogen (secondary N) is 2. The highest BCUT2D eigenvalue weighted by Gasteiger charge is 2.19. The number of amides is 2. The van der Waals surface area contributed by atoms with Gasteiger partial charge in [-0.2, -0.15) is 0 Å². The number of aryl methyl sites for hydroxylation is 4. The second-order valence-corrected chi connectivity index (χ2v) is 15.4. The summed E-state index contributed by atoms with van der Waals surface area (Å²) >= 11 is 0. The van der Waals surface area contributed by atoms with E-state index in [1.54, 1.807) is 61.2 Å². The Bertz CT molecular complexity index is 3110. The molecule has 10 aromatic rings. The van der Waals surface area contributed by atoms with Gasteiger partial charge in [0, 0.05) is 84.2 Å². The molecule has 0 bridgehead atoms. The maximum atomic E-state index is 13.0. The third-order valence-electron chi connectivity index (χ3n) is 10.3. The van der Waals surface area contributed by atoms with Crippen LogP contribution < -0.4 is 20.1 Å². The van der Waals surface area contributed by atoms with Crippen LogP contribution >= 0.6 is 0 Å². The molecule has 14 nitrogen and oxygen atoms in total. The second-order valence-electron chi connectivity index (χ2n) is 15.4. The summed E-state index contributed by atoms with van der Waals surface area (Å²) in [7, 11) is 0. The molecule has 0 aliphatic rings. The van der Waals surface area contributed by atoms with Crippen LogP contribution in [0.15, 0.2) is 171 Å². The van der Waals surface area contributed by atoms with Crippen molar-refractivity contribution in [1.29, 1.82) is 0 Å². The molecule has 8 heterocycles.